The second kappa shape index (κ2) is 10.4. The van der Waals surface area contributed by atoms with Crippen LogP contribution in [0.3, 0.4) is 0 Å². The Morgan fingerprint density at radius 2 is 2.10 bits per heavy atom. The third kappa shape index (κ3) is 7.29. The number of benzene rings is 1. The van der Waals surface area contributed by atoms with Gasteiger partial charge >= 0.3 is 0 Å². The minimum Gasteiger partial charge on any atom is -0.493 e. The number of halogens is 1. The average molecular weight is 279 g/mol. The molecule has 0 saturated carbocycles. The van der Waals surface area contributed by atoms with Crippen LogP contribution in [0, 0.1) is 5.82 Å². The zero-order valence-electron chi connectivity index (χ0n) is 12.5. The second-order valence-corrected chi connectivity index (χ2v) is 4.96. The first-order valence-electron chi connectivity index (χ1n) is 7.50. The molecule has 3 heteroatoms. The lowest BCUT2D eigenvalue weighted by Gasteiger charge is -2.09. The highest BCUT2D eigenvalue weighted by molar-refractivity contribution is 5.29. The summed E-state index contributed by atoms with van der Waals surface area (Å²) < 4.78 is 19.1. The quantitative estimate of drug-likeness (QED) is 0.477. The Kier molecular flexibility index (Phi) is 8.72. The fraction of sp³-hybridized carbons (Fsp3) is 0.529. The molecule has 0 aliphatic carbocycles. The van der Waals surface area contributed by atoms with E-state index in [4.69, 9.17) is 4.74 Å². The molecule has 1 rings (SSSR count). The van der Waals surface area contributed by atoms with Crippen LogP contribution < -0.4 is 10.1 Å². The molecule has 0 aromatic heterocycles. The van der Waals surface area contributed by atoms with Gasteiger partial charge in [-0.25, -0.2) is 4.39 Å². The van der Waals surface area contributed by atoms with E-state index in [1.807, 2.05) is 12.1 Å². The van der Waals surface area contributed by atoms with Crippen molar-refractivity contribution in [1.29, 1.82) is 0 Å². The summed E-state index contributed by atoms with van der Waals surface area (Å²) in [4.78, 5) is 0. The van der Waals surface area contributed by atoms with Crippen molar-refractivity contribution in [1.82, 2.24) is 5.32 Å². The number of allylic oxidation sites excluding steroid dienone is 1. The molecule has 0 unspecified atom stereocenters. The average Bonchev–Trinajstić information content (AvgIpc) is 2.42. The summed E-state index contributed by atoms with van der Waals surface area (Å²) in [5.41, 5.74) is 0.931. The molecule has 1 aromatic carbocycles. The molecular weight excluding hydrogens is 253 g/mol. The van der Waals surface area contributed by atoms with Crippen LogP contribution >= 0.6 is 0 Å². The minimum absolute atomic E-state index is 0.234. The first kappa shape index (κ1) is 16.7. The van der Waals surface area contributed by atoms with E-state index in [0.29, 0.717) is 18.9 Å². The maximum Gasteiger partial charge on any atom is 0.127 e. The van der Waals surface area contributed by atoms with E-state index in [1.165, 1.54) is 6.07 Å². The molecule has 0 aliphatic rings. The van der Waals surface area contributed by atoms with Gasteiger partial charge in [0.2, 0.25) is 0 Å². The number of nitrogens with one attached hydrogen (secondary N) is 1. The Hall–Kier alpha value is -1.35. The summed E-state index contributed by atoms with van der Waals surface area (Å²) in [7, 11) is 0. The summed E-state index contributed by atoms with van der Waals surface area (Å²) >= 11 is 0. The molecule has 0 fully saturated rings. The van der Waals surface area contributed by atoms with Gasteiger partial charge in [-0.15, -0.1) is 6.58 Å². The zero-order chi connectivity index (χ0) is 14.6. The highest BCUT2D eigenvalue weighted by Crippen LogP contribution is 2.17. The third-order valence-corrected chi connectivity index (χ3v) is 3.01. The highest BCUT2D eigenvalue weighted by atomic mass is 19.1. The van der Waals surface area contributed by atoms with Gasteiger partial charge in [-0.3, -0.25) is 0 Å². The summed E-state index contributed by atoms with van der Waals surface area (Å²) in [6.45, 7) is 8.07. The van der Waals surface area contributed by atoms with E-state index < -0.39 is 0 Å². The molecule has 112 valence electrons. The van der Waals surface area contributed by atoms with Gasteiger partial charge in [0.1, 0.15) is 11.6 Å². The van der Waals surface area contributed by atoms with Crippen LogP contribution in [0.15, 0.2) is 30.9 Å². The predicted octanol–water partition coefficient (Wildman–Crippen LogP) is 4.45. The lowest BCUT2D eigenvalue weighted by Crippen LogP contribution is -2.14. The molecule has 0 atom stereocenters. The Bertz CT molecular complexity index is 393. The highest BCUT2D eigenvalue weighted by Gasteiger charge is 2.02. The Morgan fingerprint density at radius 1 is 1.25 bits per heavy atom. The molecule has 20 heavy (non-hydrogen) atoms. The topological polar surface area (TPSA) is 21.3 Å². The van der Waals surface area contributed by atoms with Crippen molar-refractivity contribution in [3.05, 3.63) is 42.2 Å². The monoisotopic (exact) mass is 279 g/mol. The van der Waals surface area contributed by atoms with Crippen molar-refractivity contribution in [3.8, 4) is 5.75 Å². The Labute approximate surface area is 122 Å². The first-order chi connectivity index (χ1) is 9.76. The van der Waals surface area contributed by atoms with Gasteiger partial charge in [0.05, 0.1) is 6.61 Å². The summed E-state index contributed by atoms with van der Waals surface area (Å²) in [6.07, 6.45) is 7.31. The fourth-order valence-corrected chi connectivity index (χ4v) is 1.97. The molecule has 1 N–H and O–H groups in total. The molecule has 1 aromatic rings. The van der Waals surface area contributed by atoms with Crippen LogP contribution in [0.4, 0.5) is 4.39 Å². The molecule has 0 heterocycles. The van der Waals surface area contributed by atoms with E-state index in [2.05, 4.69) is 18.8 Å². The lowest BCUT2D eigenvalue weighted by atomic mass is 10.2. The second-order valence-electron chi connectivity index (χ2n) is 4.96. The van der Waals surface area contributed by atoms with Crippen LogP contribution in [-0.4, -0.2) is 13.2 Å². The fourth-order valence-electron chi connectivity index (χ4n) is 1.97. The first-order valence-corrected chi connectivity index (χ1v) is 7.50. The van der Waals surface area contributed by atoms with Gasteiger partial charge in [0, 0.05) is 12.6 Å². The van der Waals surface area contributed by atoms with Crippen LogP contribution in [0.1, 0.15) is 44.6 Å². The standard InChI is InChI=1S/C17H26FNO/c1-3-5-6-7-8-10-20-17-12-15(11-16(18)13-17)14-19-9-4-2/h3,11-13,19H,1,4-10,14H2,2H3. The zero-order valence-corrected chi connectivity index (χ0v) is 12.5. The number of hydrogen-bond donors (Lipinski definition) is 1. The van der Waals surface area contributed by atoms with Crippen LogP contribution in [-0.2, 0) is 6.54 Å². The molecule has 2 nitrogen and oxygen atoms in total. The van der Waals surface area contributed by atoms with E-state index in [9.17, 15) is 4.39 Å². The van der Waals surface area contributed by atoms with E-state index in [0.717, 1.165) is 44.2 Å². The van der Waals surface area contributed by atoms with Crippen molar-refractivity contribution in [2.45, 2.75) is 45.6 Å². The van der Waals surface area contributed by atoms with Crippen LogP contribution in [0.2, 0.25) is 0 Å². The number of rotatable bonds is 11. The van der Waals surface area contributed by atoms with Gasteiger partial charge in [-0.2, -0.15) is 0 Å². The largest absolute Gasteiger partial charge is 0.493 e. The smallest absolute Gasteiger partial charge is 0.127 e. The SMILES string of the molecule is C=CCCCCCOc1cc(F)cc(CNCCC)c1. The Morgan fingerprint density at radius 3 is 2.85 bits per heavy atom. The number of ether oxygens (including phenoxy) is 1. The molecular formula is C17H26FNO. The summed E-state index contributed by atoms with van der Waals surface area (Å²) in [5, 5.41) is 3.26. The number of unbranched alkanes of at least 4 members (excludes halogenated alkanes) is 3. The Balaban J connectivity index is 2.35. The molecule has 0 amide bonds. The molecule has 0 aliphatic heterocycles. The third-order valence-electron chi connectivity index (χ3n) is 3.01. The molecule has 0 radical (unpaired) electrons. The maximum atomic E-state index is 13.5. The number of hydrogen-bond acceptors (Lipinski definition) is 2. The van der Waals surface area contributed by atoms with Gasteiger partial charge < -0.3 is 10.1 Å². The van der Waals surface area contributed by atoms with Crippen LogP contribution in [0.25, 0.3) is 0 Å². The van der Waals surface area contributed by atoms with Crippen molar-refractivity contribution >= 4 is 0 Å². The minimum atomic E-state index is -0.234. The molecule has 0 saturated heterocycles. The van der Waals surface area contributed by atoms with Gasteiger partial charge in [-0.05, 0) is 56.3 Å². The predicted molar refractivity (Wildman–Crippen MR) is 82.6 cm³/mol. The summed E-state index contributed by atoms with van der Waals surface area (Å²) in [5.74, 6) is 0.393. The summed E-state index contributed by atoms with van der Waals surface area (Å²) in [6, 6.07) is 4.92. The van der Waals surface area contributed by atoms with Gasteiger partial charge in [-0.1, -0.05) is 13.0 Å². The maximum absolute atomic E-state index is 13.5. The molecule has 0 spiro atoms. The van der Waals surface area contributed by atoms with E-state index in [-0.39, 0.29) is 5.82 Å². The van der Waals surface area contributed by atoms with Crippen molar-refractivity contribution in [3.63, 3.8) is 0 Å². The van der Waals surface area contributed by atoms with Crippen molar-refractivity contribution < 1.29 is 9.13 Å². The van der Waals surface area contributed by atoms with E-state index >= 15 is 0 Å². The van der Waals surface area contributed by atoms with Gasteiger partial charge in [0.25, 0.3) is 0 Å². The lowest BCUT2D eigenvalue weighted by molar-refractivity contribution is 0.303. The normalized spacial score (nSPS) is 10.5. The van der Waals surface area contributed by atoms with E-state index in [1.54, 1.807) is 6.07 Å². The van der Waals surface area contributed by atoms with Crippen molar-refractivity contribution in [2.75, 3.05) is 13.2 Å². The molecule has 0 bridgehead atoms. The van der Waals surface area contributed by atoms with Crippen molar-refractivity contribution in [2.24, 2.45) is 0 Å². The van der Waals surface area contributed by atoms with Gasteiger partial charge in [0.15, 0.2) is 0 Å². The van der Waals surface area contributed by atoms with Crippen LogP contribution in [0.5, 0.6) is 5.75 Å².